The van der Waals surface area contributed by atoms with Crippen molar-refractivity contribution >= 4 is 22.6 Å². The minimum atomic E-state index is -3.27. The smallest absolute Gasteiger partial charge is 0.282 e. The second-order valence-corrected chi connectivity index (χ2v) is 6.14. The van der Waals surface area contributed by atoms with Crippen molar-refractivity contribution in [2.75, 3.05) is 26.7 Å². The number of halogens is 1. The average Bonchev–Trinajstić information content (AvgIpc) is 2.20. The standard InChI is InChI=1S/C9H21N3O2S.ClH/c1-5-11(4)15(13,14)12-7-8(2)10-6-9(12)3;/h8-10H,5-7H2,1-4H3;1H. The number of nitrogens with one attached hydrogen (secondary N) is 1. The Morgan fingerprint density at radius 1 is 1.44 bits per heavy atom. The summed E-state index contributed by atoms with van der Waals surface area (Å²) in [6.07, 6.45) is 0. The number of rotatable bonds is 3. The van der Waals surface area contributed by atoms with Gasteiger partial charge in [-0.1, -0.05) is 6.92 Å². The summed E-state index contributed by atoms with van der Waals surface area (Å²) < 4.78 is 27.2. The van der Waals surface area contributed by atoms with Crippen LogP contribution in [0.15, 0.2) is 0 Å². The molecule has 1 saturated heterocycles. The van der Waals surface area contributed by atoms with Crippen molar-refractivity contribution in [1.29, 1.82) is 0 Å². The Morgan fingerprint density at radius 2 is 2.00 bits per heavy atom. The van der Waals surface area contributed by atoms with Crippen LogP contribution in [0.4, 0.5) is 0 Å². The van der Waals surface area contributed by atoms with Crippen LogP contribution in [-0.2, 0) is 10.2 Å². The van der Waals surface area contributed by atoms with E-state index in [0.717, 1.165) is 6.54 Å². The van der Waals surface area contributed by atoms with E-state index in [-0.39, 0.29) is 24.5 Å². The second-order valence-electron chi connectivity index (χ2n) is 4.15. The number of piperazine rings is 1. The van der Waals surface area contributed by atoms with Gasteiger partial charge in [0.05, 0.1) is 0 Å². The largest absolute Gasteiger partial charge is 0.311 e. The zero-order valence-electron chi connectivity index (χ0n) is 10.3. The van der Waals surface area contributed by atoms with Gasteiger partial charge in [0.15, 0.2) is 0 Å². The van der Waals surface area contributed by atoms with E-state index in [1.807, 2.05) is 20.8 Å². The molecule has 1 aliphatic rings. The molecule has 7 heteroatoms. The fourth-order valence-corrected chi connectivity index (χ4v) is 3.28. The molecule has 0 saturated carbocycles. The fourth-order valence-electron chi connectivity index (χ4n) is 1.65. The molecule has 16 heavy (non-hydrogen) atoms. The molecule has 0 spiro atoms. The first-order chi connectivity index (χ1) is 6.89. The van der Waals surface area contributed by atoms with Crippen molar-refractivity contribution in [2.24, 2.45) is 0 Å². The van der Waals surface area contributed by atoms with Crippen LogP contribution in [0.25, 0.3) is 0 Å². The van der Waals surface area contributed by atoms with Crippen molar-refractivity contribution in [1.82, 2.24) is 13.9 Å². The topological polar surface area (TPSA) is 52.7 Å². The monoisotopic (exact) mass is 271 g/mol. The fraction of sp³-hybridized carbons (Fsp3) is 1.00. The predicted molar refractivity (Wildman–Crippen MR) is 68.1 cm³/mol. The maximum atomic E-state index is 12.1. The van der Waals surface area contributed by atoms with E-state index >= 15 is 0 Å². The van der Waals surface area contributed by atoms with Crippen molar-refractivity contribution in [3.8, 4) is 0 Å². The Labute approximate surface area is 105 Å². The van der Waals surface area contributed by atoms with E-state index in [9.17, 15) is 8.42 Å². The van der Waals surface area contributed by atoms with Gasteiger partial charge in [-0.2, -0.15) is 17.0 Å². The summed E-state index contributed by atoms with van der Waals surface area (Å²) in [5, 5.41) is 3.27. The van der Waals surface area contributed by atoms with Gasteiger partial charge in [0.2, 0.25) is 0 Å². The third-order valence-corrected chi connectivity index (χ3v) is 4.99. The summed E-state index contributed by atoms with van der Waals surface area (Å²) in [6.45, 7) is 7.55. The molecule has 1 heterocycles. The van der Waals surface area contributed by atoms with Gasteiger partial charge in [-0.25, -0.2) is 0 Å². The lowest BCUT2D eigenvalue weighted by Crippen LogP contribution is -2.58. The Hall–Kier alpha value is 0.120. The summed E-state index contributed by atoms with van der Waals surface area (Å²) in [5.41, 5.74) is 0. The predicted octanol–water partition coefficient (Wildman–Crippen LogP) is 0.287. The molecule has 0 aromatic rings. The van der Waals surface area contributed by atoms with E-state index in [2.05, 4.69) is 5.32 Å². The van der Waals surface area contributed by atoms with Crippen LogP contribution < -0.4 is 5.32 Å². The Bertz CT molecular complexity index is 310. The lowest BCUT2D eigenvalue weighted by atomic mass is 10.2. The Kier molecular flexibility index (Phi) is 6.21. The molecule has 0 radical (unpaired) electrons. The maximum Gasteiger partial charge on any atom is 0.282 e. The van der Waals surface area contributed by atoms with Gasteiger partial charge in [-0.15, -0.1) is 12.4 Å². The number of nitrogens with zero attached hydrogens (tertiary/aromatic N) is 2. The normalized spacial score (nSPS) is 27.8. The molecule has 1 rings (SSSR count). The highest BCUT2D eigenvalue weighted by Crippen LogP contribution is 2.14. The van der Waals surface area contributed by atoms with Gasteiger partial charge < -0.3 is 5.32 Å². The van der Waals surface area contributed by atoms with Crippen LogP contribution in [0, 0.1) is 0 Å². The average molecular weight is 272 g/mol. The molecule has 0 aromatic carbocycles. The van der Waals surface area contributed by atoms with Gasteiger partial charge >= 0.3 is 0 Å². The van der Waals surface area contributed by atoms with Crippen molar-refractivity contribution in [2.45, 2.75) is 32.9 Å². The molecular weight excluding hydrogens is 250 g/mol. The quantitative estimate of drug-likeness (QED) is 0.803. The molecule has 0 bridgehead atoms. The summed E-state index contributed by atoms with van der Waals surface area (Å²) in [6, 6.07) is 0.251. The molecule has 5 nitrogen and oxygen atoms in total. The minimum absolute atomic E-state index is 0. The van der Waals surface area contributed by atoms with Crippen LogP contribution in [0.1, 0.15) is 20.8 Å². The highest BCUT2D eigenvalue weighted by Gasteiger charge is 2.34. The van der Waals surface area contributed by atoms with Crippen molar-refractivity contribution in [3.63, 3.8) is 0 Å². The van der Waals surface area contributed by atoms with Crippen LogP contribution in [0.3, 0.4) is 0 Å². The highest BCUT2D eigenvalue weighted by atomic mass is 35.5. The first kappa shape index (κ1) is 16.1. The third-order valence-electron chi connectivity index (χ3n) is 2.84. The molecule has 1 N–H and O–H groups in total. The lowest BCUT2D eigenvalue weighted by molar-refractivity contribution is 0.231. The summed E-state index contributed by atoms with van der Waals surface area (Å²) >= 11 is 0. The van der Waals surface area contributed by atoms with Crippen LogP contribution >= 0.6 is 12.4 Å². The van der Waals surface area contributed by atoms with Gasteiger partial charge in [0.25, 0.3) is 10.2 Å². The third kappa shape index (κ3) is 3.30. The molecule has 98 valence electrons. The molecule has 0 amide bonds. The summed E-state index contributed by atoms with van der Waals surface area (Å²) in [7, 11) is -1.65. The van der Waals surface area contributed by atoms with Crippen LogP contribution in [0.5, 0.6) is 0 Å². The van der Waals surface area contributed by atoms with Gasteiger partial charge in [-0.05, 0) is 13.8 Å². The molecule has 2 atom stereocenters. The number of hydrogen-bond acceptors (Lipinski definition) is 3. The lowest BCUT2D eigenvalue weighted by Gasteiger charge is -2.38. The first-order valence-corrected chi connectivity index (χ1v) is 6.75. The minimum Gasteiger partial charge on any atom is -0.311 e. The molecule has 0 aliphatic carbocycles. The van der Waals surface area contributed by atoms with E-state index in [4.69, 9.17) is 0 Å². The number of hydrogen-bond donors (Lipinski definition) is 1. The molecule has 1 fully saturated rings. The molecule has 2 unspecified atom stereocenters. The molecule has 1 aliphatic heterocycles. The zero-order chi connectivity index (χ0) is 11.6. The molecular formula is C9H22ClN3O2S. The zero-order valence-corrected chi connectivity index (χ0v) is 11.9. The highest BCUT2D eigenvalue weighted by molar-refractivity contribution is 7.86. The van der Waals surface area contributed by atoms with Crippen LogP contribution in [0.2, 0.25) is 0 Å². The first-order valence-electron chi connectivity index (χ1n) is 5.36. The van der Waals surface area contributed by atoms with E-state index in [1.54, 1.807) is 11.4 Å². The maximum absolute atomic E-state index is 12.1. The molecule has 0 aromatic heterocycles. The Morgan fingerprint density at radius 3 is 2.50 bits per heavy atom. The second kappa shape index (κ2) is 6.16. The van der Waals surface area contributed by atoms with Gasteiger partial charge in [-0.3, -0.25) is 0 Å². The van der Waals surface area contributed by atoms with E-state index in [1.165, 1.54) is 4.31 Å². The van der Waals surface area contributed by atoms with Crippen molar-refractivity contribution in [3.05, 3.63) is 0 Å². The summed E-state index contributed by atoms with van der Waals surface area (Å²) in [5.74, 6) is 0. The SMILES string of the molecule is CCN(C)S(=O)(=O)N1CC(C)NCC1C.Cl. The van der Waals surface area contributed by atoms with Crippen molar-refractivity contribution < 1.29 is 8.42 Å². The summed E-state index contributed by atoms with van der Waals surface area (Å²) in [4.78, 5) is 0. The van der Waals surface area contributed by atoms with E-state index < -0.39 is 10.2 Å². The van der Waals surface area contributed by atoms with Crippen LogP contribution in [-0.4, -0.2) is 55.8 Å². The Balaban J connectivity index is 0.00000225. The van der Waals surface area contributed by atoms with Gasteiger partial charge in [0.1, 0.15) is 0 Å². The van der Waals surface area contributed by atoms with Gasteiger partial charge in [0, 0.05) is 38.8 Å². The van der Waals surface area contributed by atoms with E-state index in [0.29, 0.717) is 13.1 Å².